The first-order valence-electron chi connectivity index (χ1n) is 5.20. The van der Waals surface area contributed by atoms with E-state index in [4.69, 9.17) is 10.5 Å². The molecule has 94 valence electrons. The lowest BCUT2D eigenvalue weighted by molar-refractivity contribution is -0.154. The van der Waals surface area contributed by atoms with E-state index in [1.807, 2.05) is 0 Å². The lowest BCUT2D eigenvalue weighted by Gasteiger charge is -2.25. The fourth-order valence-electron chi connectivity index (χ4n) is 1.53. The summed E-state index contributed by atoms with van der Waals surface area (Å²) in [5, 5.41) is 0. The molecule has 0 aromatic heterocycles. The van der Waals surface area contributed by atoms with Crippen molar-refractivity contribution in [2.75, 3.05) is 6.54 Å². The zero-order chi connectivity index (χ0) is 13.1. The molecule has 1 rings (SSSR count). The molecule has 17 heavy (non-hydrogen) atoms. The van der Waals surface area contributed by atoms with Crippen LogP contribution in [0.25, 0.3) is 0 Å². The largest absolute Gasteiger partial charge is 0.458 e. The summed E-state index contributed by atoms with van der Waals surface area (Å²) in [7, 11) is 0. The van der Waals surface area contributed by atoms with Crippen molar-refractivity contribution in [2.24, 2.45) is 5.73 Å². The van der Waals surface area contributed by atoms with Gasteiger partial charge in [-0.25, -0.2) is 8.78 Å². The molecule has 0 atom stereocenters. The standard InChI is InChI=1S/C12H15F2NO2/c1-12(2,17-11(16)7-15)6-8-3-4-9(13)10(14)5-8/h3-5H,6-7,15H2,1-2H3. The Bertz CT molecular complexity index is 419. The van der Waals surface area contributed by atoms with Crippen LogP contribution in [0.15, 0.2) is 18.2 Å². The van der Waals surface area contributed by atoms with Gasteiger partial charge in [0.2, 0.25) is 0 Å². The van der Waals surface area contributed by atoms with Gasteiger partial charge in [0.05, 0.1) is 6.54 Å². The summed E-state index contributed by atoms with van der Waals surface area (Å²) in [6.45, 7) is 3.16. The van der Waals surface area contributed by atoms with Crippen LogP contribution in [-0.2, 0) is 16.0 Å². The van der Waals surface area contributed by atoms with E-state index in [0.29, 0.717) is 5.56 Å². The number of carbonyl (C=O) groups excluding carboxylic acids is 1. The zero-order valence-electron chi connectivity index (χ0n) is 9.80. The summed E-state index contributed by atoms with van der Waals surface area (Å²) in [6.07, 6.45) is 0.288. The predicted octanol–water partition coefficient (Wildman–Crippen LogP) is 1.79. The van der Waals surface area contributed by atoms with Crippen LogP contribution in [0.4, 0.5) is 8.78 Å². The number of halogens is 2. The van der Waals surface area contributed by atoms with Crippen LogP contribution in [0.1, 0.15) is 19.4 Å². The van der Waals surface area contributed by atoms with Gasteiger partial charge < -0.3 is 10.5 Å². The van der Waals surface area contributed by atoms with Crippen LogP contribution in [-0.4, -0.2) is 18.1 Å². The fourth-order valence-corrected chi connectivity index (χ4v) is 1.53. The molecular formula is C12H15F2NO2. The molecule has 0 aliphatic rings. The zero-order valence-corrected chi connectivity index (χ0v) is 9.80. The van der Waals surface area contributed by atoms with E-state index in [1.54, 1.807) is 13.8 Å². The Hall–Kier alpha value is -1.49. The number of rotatable bonds is 4. The Morgan fingerprint density at radius 1 is 1.35 bits per heavy atom. The smallest absolute Gasteiger partial charge is 0.320 e. The van der Waals surface area contributed by atoms with E-state index < -0.39 is 23.2 Å². The predicted molar refractivity (Wildman–Crippen MR) is 59.3 cm³/mol. The minimum Gasteiger partial charge on any atom is -0.458 e. The molecule has 0 saturated heterocycles. The van der Waals surface area contributed by atoms with Gasteiger partial charge >= 0.3 is 5.97 Å². The second-order valence-corrected chi connectivity index (χ2v) is 4.36. The van der Waals surface area contributed by atoms with Crippen molar-refractivity contribution in [3.8, 4) is 0 Å². The molecule has 0 spiro atoms. The molecule has 0 amide bonds. The molecule has 0 radical (unpaired) electrons. The van der Waals surface area contributed by atoms with E-state index in [9.17, 15) is 13.6 Å². The summed E-state index contributed by atoms with van der Waals surface area (Å²) in [6, 6.07) is 3.59. The van der Waals surface area contributed by atoms with Gasteiger partial charge in [-0.2, -0.15) is 0 Å². The van der Waals surface area contributed by atoms with Gasteiger partial charge in [0.15, 0.2) is 11.6 Å². The van der Waals surface area contributed by atoms with Gasteiger partial charge in [-0.3, -0.25) is 4.79 Å². The molecule has 2 N–H and O–H groups in total. The summed E-state index contributed by atoms with van der Waals surface area (Å²) in [5.74, 6) is -2.34. The van der Waals surface area contributed by atoms with Gasteiger partial charge in [-0.15, -0.1) is 0 Å². The minimum atomic E-state index is -0.913. The van der Waals surface area contributed by atoms with E-state index in [1.165, 1.54) is 6.07 Å². The Morgan fingerprint density at radius 2 is 2.00 bits per heavy atom. The highest BCUT2D eigenvalue weighted by molar-refractivity contribution is 5.71. The number of carbonyl (C=O) groups is 1. The van der Waals surface area contributed by atoms with E-state index in [-0.39, 0.29) is 13.0 Å². The summed E-state index contributed by atoms with van der Waals surface area (Å²) >= 11 is 0. The molecular weight excluding hydrogens is 228 g/mol. The van der Waals surface area contributed by atoms with Crippen LogP contribution in [0.5, 0.6) is 0 Å². The number of nitrogens with two attached hydrogens (primary N) is 1. The Kier molecular flexibility index (Phi) is 4.17. The number of ether oxygens (including phenoxy) is 1. The van der Waals surface area contributed by atoms with Crippen LogP contribution >= 0.6 is 0 Å². The first kappa shape index (κ1) is 13.6. The molecule has 0 heterocycles. The monoisotopic (exact) mass is 243 g/mol. The van der Waals surface area contributed by atoms with Crippen molar-refractivity contribution in [1.82, 2.24) is 0 Å². The maximum absolute atomic E-state index is 13.0. The Labute approximate surface area is 98.6 Å². The topological polar surface area (TPSA) is 52.3 Å². The van der Waals surface area contributed by atoms with Crippen molar-refractivity contribution >= 4 is 5.97 Å². The van der Waals surface area contributed by atoms with Crippen molar-refractivity contribution in [3.63, 3.8) is 0 Å². The summed E-state index contributed by atoms with van der Waals surface area (Å²) in [5.41, 5.74) is 4.88. The Morgan fingerprint density at radius 3 is 2.53 bits per heavy atom. The van der Waals surface area contributed by atoms with Crippen LogP contribution in [0.2, 0.25) is 0 Å². The molecule has 0 fully saturated rings. The summed E-state index contributed by atoms with van der Waals surface area (Å²) < 4.78 is 30.8. The van der Waals surface area contributed by atoms with Crippen LogP contribution < -0.4 is 5.73 Å². The third kappa shape index (κ3) is 4.11. The molecule has 1 aromatic rings. The average molecular weight is 243 g/mol. The maximum atomic E-state index is 13.0. The van der Waals surface area contributed by atoms with Crippen molar-refractivity contribution in [2.45, 2.75) is 25.9 Å². The maximum Gasteiger partial charge on any atom is 0.320 e. The fraction of sp³-hybridized carbons (Fsp3) is 0.417. The van der Waals surface area contributed by atoms with Crippen molar-refractivity contribution in [3.05, 3.63) is 35.4 Å². The number of esters is 1. The van der Waals surface area contributed by atoms with Gasteiger partial charge in [0.1, 0.15) is 5.60 Å². The van der Waals surface area contributed by atoms with E-state index in [2.05, 4.69) is 0 Å². The van der Waals surface area contributed by atoms with E-state index in [0.717, 1.165) is 12.1 Å². The van der Waals surface area contributed by atoms with Gasteiger partial charge in [-0.05, 0) is 31.5 Å². The van der Waals surface area contributed by atoms with Gasteiger partial charge in [0, 0.05) is 6.42 Å². The molecule has 5 heteroatoms. The van der Waals surface area contributed by atoms with Crippen LogP contribution in [0.3, 0.4) is 0 Å². The van der Waals surface area contributed by atoms with Gasteiger partial charge in [0.25, 0.3) is 0 Å². The number of hydrogen-bond donors (Lipinski definition) is 1. The number of benzene rings is 1. The third-order valence-electron chi connectivity index (χ3n) is 2.17. The Balaban J connectivity index is 2.75. The summed E-state index contributed by atoms with van der Waals surface area (Å²) in [4.78, 5) is 11.1. The second-order valence-electron chi connectivity index (χ2n) is 4.36. The molecule has 0 saturated carbocycles. The molecule has 1 aromatic carbocycles. The SMILES string of the molecule is CC(C)(Cc1ccc(F)c(F)c1)OC(=O)CN. The first-order chi connectivity index (χ1) is 7.84. The van der Waals surface area contributed by atoms with Gasteiger partial charge in [-0.1, -0.05) is 6.07 Å². The molecule has 3 nitrogen and oxygen atoms in total. The lowest BCUT2D eigenvalue weighted by Crippen LogP contribution is -2.33. The highest BCUT2D eigenvalue weighted by Gasteiger charge is 2.23. The normalized spacial score (nSPS) is 11.4. The molecule has 0 aliphatic carbocycles. The quantitative estimate of drug-likeness (QED) is 0.820. The lowest BCUT2D eigenvalue weighted by atomic mass is 9.98. The first-order valence-corrected chi connectivity index (χ1v) is 5.20. The molecule has 0 unspecified atom stereocenters. The average Bonchev–Trinajstić information content (AvgIpc) is 2.22. The highest BCUT2D eigenvalue weighted by Crippen LogP contribution is 2.19. The van der Waals surface area contributed by atoms with Crippen LogP contribution in [0, 0.1) is 11.6 Å². The molecule has 0 aliphatic heterocycles. The van der Waals surface area contributed by atoms with Crippen molar-refractivity contribution < 1.29 is 18.3 Å². The second kappa shape index (κ2) is 5.23. The third-order valence-corrected chi connectivity index (χ3v) is 2.17. The number of hydrogen-bond acceptors (Lipinski definition) is 3. The van der Waals surface area contributed by atoms with Crippen molar-refractivity contribution in [1.29, 1.82) is 0 Å². The minimum absolute atomic E-state index is 0.207. The van der Waals surface area contributed by atoms with E-state index >= 15 is 0 Å². The molecule has 0 bridgehead atoms. The highest BCUT2D eigenvalue weighted by atomic mass is 19.2.